The van der Waals surface area contributed by atoms with Gasteiger partial charge >= 0.3 is 0 Å². The van der Waals surface area contributed by atoms with E-state index in [4.69, 9.17) is 9.84 Å². The molecule has 1 aromatic carbocycles. The Morgan fingerprint density at radius 1 is 1.40 bits per heavy atom. The quantitative estimate of drug-likeness (QED) is 0.775. The summed E-state index contributed by atoms with van der Waals surface area (Å²) in [4.78, 5) is 11.1. The molecule has 0 fully saturated rings. The van der Waals surface area contributed by atoms with Crippen molar-refractivity contribution in [2.75, 3.05) is 18.5 Å². The summed E-state index contributed by atoms with van der Waals surface area (Å²) in [6.07, 6.45) is 1.27. The molecule has 0 aromatic heterocycles. The number of aliphatic hydroxyl groups excluding tert-OH is 1. The van der Waals surface area contributed by atoms with Crippen LogP contribution in [0.5, 0.6) is 5.75 Å². The number of carbonyl (C=O) groups excluding carboxylic acids is 1. The summed E-state index contributed by atoms with van der Waals surface area (Å²) in [5.74, 6) is 0.797. The minimum atomic E-state index is 0.00776. The van der Waals surface area contributed by atoms with E-state index < -0.39 is 0 Å². The summed E-state index contributed by atoms with van der Waals surface area (Å²) in [6, 6.07) is 5.53. The van der Waals surface area contributed by atoms with Crippen LogP contribution in [-0.4, -0.2) is 24.2 Å². The van der Waals surface area contributed by atoms with Crippen LogP contribution in [0, 0.1) is 0 Å². The predicted molar refractivity (Wildman–Crippen MR) is 56.0 cm³/mol. The number of hydrogen-bond donors (Lipinski definition) is 2. The van der Waals surface area contributed by atoms with Crippen LogP contribution < -0.4 is 10.1 Å². The van der Waals surface area contributed by atoms with Gasteiger partial charge in [-0.3, -0.25) is 4.79 Å². The van der Waals surface area contributed by atoms with E-state index in [1.54, 1.807) is 6.07 Å². The number of amides is 1. The molecule has 80 valence electrons. The molecule has 0 radical (unpaired) electrons. The molecular weight excluding hydrogens is 194 g/mol. The molecule has 4 nitrogen and oxygen atoms in total. The van der Waals surface area contributed by atoms with Gasteiger partial charge in [0.15, 0.2) is 0 Å². The van der Waals surface area contributed by atoms with Crippen LogP contribution in [0.3, 0.4) is 0 Å². The molecule has 1 aromatic rings. The molecule has 1 amide bonds. The molecule has 0 saturated heterocycles. The Balaban J connectivity index is 2.15. The second kappa shape index (κ2) is 4.31. The average Bonchev–Trinajstić information content (AvgIpc) is 2.26. The molecule has 2 rings (SSSR count). The molecule has 0 aliphatic carbocycles. The van der Waals surface area contributed by atoms with Crippen molar-refractivity contribution in [3.05, 3.63) is 23.8 Å². The van der Waals surface area contributed by atoms with Crippen molar-refractivity contribution in [1.29, 1.82) is 0 Å². The average molecular weight is 207 g/mol. The Morgan fingerprint density at radius 3 is 3.07 bits per heavy atom. The van der Waals surface area contributed by atoms with Gasteiger partial charge in [0.25, 0.3) is 0 Å². The van der Waals surface area contributed by atoms with E-state index in [0.29, 0.717) is 13.0 Å². The molecule has 0 atom stereocenters. The van der Waals surface area contributed by atoms with E-state index in [1.807, 2.05) is 12.1 Å². The maximum absolute atomic E-state index is 11.1. The number of anilines is 1. The van der Waals surface area contributed by atoms with Crippen LogP contribution in [0.2, 0.25) is 0 Å². The van der Waals surface area contributed by atoms with Crippen molar-refractivity contribution in [3.63, 3.8) is 0 Å². The lowest BCUT2D eigenvalue weighted by molar-refractivity contribution is -0.116. The Kier molecular flexibility index (Phi) is 2.87. The molecular formula is C11H13NO3. The minimum absolute atomic E-state index is 0.00776. The van der Waals surface area contributed by atoms with Crippen LogP contribution in [0.25, 0.3) is 0 Å². The highest BCUT2D eigenvalue weighted by Crippen LogP contribution is 2.26. The fraction of sp³-hybridized carbons (Fsp3) is 0.364. The summed E-state index contributed by atoms with van der Waals surface area (Å²) in [6.45, 7) is 0.305. The Morgan fingerprint density at radius 2 is 2.27 bits per heavy atom. The van der Waals surface area contributed by atoms with Crippen molar-refractivity contribution >= 4 is 11.6 Å². The third-order valence-electron chi connectivity index (χ3n) is 2.33. The molecule has 0 saturated carbocycles. The van der Waals surface area contributed by atoms with Crippen molar-refractivity contribution in [2.24, 2.45) is 0 Å². The van der Waals surface area contributed by atoms with Crippen molar-refractivity contribution in [1.82, 2.24) is 0 Å². The predicted octanol–water partition coefficient (Wildman–Crippen LogP) is 0.942. The zero-order valence-electron chi connectivity index (χ0n) is 8.32. The highest BCUT2D eigenvalue weighted by atomic mass is 16.5. The topological polar surface area (TPSA) is 58.6 Å². The number of aliphatic hydroxyl groups is 1. The molecule has 0 bridgehead atoms. The lowest BCUT2D eigenvalue weighted by Crippen LogP contribution is -2.18. The lowest BCUT2D eigenvalue weighted by atomic mass is 10.0. The summed E-state index contributed by atoms with van der Waals surface area (Å²) in [5.41, 5.74) is 1.95. The first-order valence-electron chi connectivity index (χ1n) is 4.96. The van der Waals surface area contributed by atoms with Gasteiger partial charge in [0.05, 0.1) is 6.61 Å². The highest BCUT2D eigenvalue weighted by Gasteiger charge is 2.14. The molecule has 1 heterocycles. The Labute approximate surface area is 87.9 Å². The van der Waals surface area contributed by atoms with Crippen LogP contribution in [0.1, 0.15) is 12.0 Å². The van der Waals surface area contributed by atoms with Crippen molar-refractivity contribution in [2.45, 2.75) is 12.8 Å². The highest BCUT2D eigenvalue weighted by molar-refractivity contribution is 5.93. The first kappa shape index (κ1) is 9.98. The molecule has 15 heavy (non-hydrogen) atoms. The van der Waals surface area contributed by atoms with Crippen molar-refractivity contribution < 1.29 is 14.6 Å². The van der Waals surface area contributed by atoms with Crippen LogP contribution in [0.4, 0.5) is 5.69 Å². The largest absolute Gasteiger partial charge is 0.491 e. The van der Waals surface area contributed by atoms with Crippen LogP contribution in [0.15, 0.2) is 18.2 Å². The lowest BCUT2D eigenvalue weighted by Gasteiger charge is -2.17. The number of hydrogen-bond acceptors (Lipinski definition) is 3. The number of ether oxygens (including phenoxy) is 1. The fourth-order valence-corrected chi connectivity index (χ4v) is 1.61. The minimum Gasteiger partial charge on any atom is -0.491 e. The van der Waals surface area contributed by atoms with Gasteiger partial charge in [-0.15, -0.1) is 0 Å². The first-order chi connectivity index (χ1) is 7.29. The zero-order chi connectivity index (χ0) is 10.7. The molecule has 1 aliphatic rings. The third-order valence-corrected chi connectivity index (χ3v) is 2.33. The fourth-order valence-electron chi connectivity index (χ4n) is 1.61. The first-order valence-corrected chi connectivity index (χ1v) is 4.96. The molecule has 0 unspecified atom stereocenters. The number of fused-ring (bicyclic) bond motifs is 1. The van der Waals surface area contributed by atoms with Gasteiger partial charge in [-0.05, 0) is 30.2 Å². The second-order valence-electron chi connectivity index (χ2n) is 3.44. The van der Waals surface area contributed by atoms with E-state index >= 15 is 0 Å². The van der Waals surface area contributed by atoms with E-state index in [2.05, 4.69) is 5.32 Å². The summed E-state index contributed by atoms with van der Waals surface area (Å²) < 4.78 is 5.29. The smallest absolute Gasteiger partial charge is 0.224 e. The number of benzene rings is 1. The molecule has 2 N–H and O–H groups in total. The summed E-state index contributed by atoms with van der Waals surface area (Å²) >= 11 is 0. The molecule has 0 spiro atoms. The monoisotopic (exact) mass is 207 g/mol. The normalized spacial score (nSPS) is 14.3. The number of carbonyl (C=O) groups is 1. The number of aryl methyl sites for hydroxylation is 1. The van der Waals surface area contributed by atoms with E-state index in [0.717, 1.165) is 23.4 Å². The SMILES string of the molecule is O=C1CCc2cc(OCCO)ccc2N1. The van der Waals surface area contributed by atoms with Gasteiger partial charge in [-0.2, -0.15) is 0 Å². The van der Waals surface area contributed by atoms with Gasteiger partial charge in [-0.1, -0.05) is 0 Å². The maximum Gasteiger partial charge on any atom is 0.224 e. The Bertz CT molecular complexity index is 376. The molecule has 1 aliphatic heterocycles. The van der Waals surface area contributed by atoms with E-state index in [1.165, 1.54) is 0 Å². The van der Waals surface area contributed by atoms with Crippen LogP contribution >= 0.6 is 0 Å². The van der Waals surface area contributed by atoms with Crippen molar-refractivity contribution in [3.8, 4) is 5.75 Å². The molecule has 4 heteroatoms. The maximum atomic E-state index is 11.1. The second-order valence-corrected chi connectivity index (χ2v) is 3.44. The third kappa shape index (κ3) is 2.27. The van der Waals surface area contributed by atoms with Gasteiger partial charge in [-0.25, -0.2) is 0 Å². The Hall–Kier alpha value is -1.55. The zero-order valence-corrected chi connectivity index (χ0v) is 8.32. The summed E-state index contributed by atoms with van der Waals surface area (Å²) in [5, 5.41) is 11.4. The van der Waals surface area contributed by atoms with Gasteiger partial charge in [0.2, 0.25) is 5.91 Å². The number of nitrogens with one attached hydrogen (secondary N) is 1. The van der Waals surface area contributed by atoms with E-state index in [-0.39, 0.29) is 12.5 Å². The van der Waals surface area contributed by atoms with Gasteiger partial charge in [0, 0.05) is 12.1 Å². The van der Waals surface area contributed by atoms with Gasteiger partial charge < -0.3 is 15.2 Å². The summed E-state index contributed by atoms with van der Waals surface area (Å²) in [7, 11) is 0. The van der Waals surface area contributed by atoms with E-state index in [9.17, 15) is 4.79 Å². The van der Waals surface area contributed by atoms with Crippen LogP contribution in [-0.2, 0) is 11.2 Å². The standard InChI is InChI=1S/C11H13NO3/c13-5-6-15-9-2-3-10-8(7-9)1-4-11(14)12-10/h2-3,7,13H,1,4-6H2,(H,12,14). The van der Waals surface area contributed by atoms with Gasteiger partial charge in [0.1, 0.15) is 12.4 Å². The number of rotatable bonds is 3.